The summed E-state index contributed by atoms with van der Waals surface area (Å²) < 4.78 is 0. The highest BCUT2D eigenvalue weighted by atomic mass is 14.9. The van der Waals surface area contributed by atoms with Crippen molar-refractivity contribution in [1.29, 1.82) is 0 Å². The molecule has 16 heavy (non-hydrogen) atoms. The van der Waals surface area contributed by atoms with Crippen LogP contribution in [0.3, 0.4) is 0 Å². The first kappa shape index (κ1) is 12.9. The monoisotopic (exact) mass is 220 g/mol. The van der Waals surface area contributed by atoms with Gasteiger partial charge in [-0.1, -0.05) is 26.7 Å². The topological polar surface area (TPSA) is 24.1 Å². The van der Waals surface area contributed by atoms with Crippen molar-refractivity contribution >= 4 is 11.4 Å². The summed E-state index contributed by atoms with van der Waals surface area (Å²) in [4.78, 5) is 0. The van der Waals surface area contributed by atoms with Crippen molar-refractivity contribution in [3.8, 4) is 0 Å². The van der Waals surface area contributed by atoms with Crippen molar-refractivity contribution < 1.29 is 0 Å². The fourth-order valence-corrected chi connectivity index (χ4v) is 1.52. The molecule has 0 atom stereocenters. The largest absolute Gasteiger partial charge is 0.385 e. The van der Waals surface area contributed by atoms with Crippen LogP contribution in [0.4, 0.5) is 11.4 Å². The van der Waals surface area contributed by atoms with Gasteiger partial charge >= 0.3 is 0 Å². The molecule has 0 bridgehead atoms. The van der Waals surface area contributed by atoms with Gasteiger partial charge in [0.15, 0.2) is 0 Å². The van der Waals surface area contributed by atoms with E-state index in [0.29, 0.717) is 0 Å². The molecule has 1 rings (SSSR count). The Morgan fingerprint density at radius 2 is 1.12 bits per heavy atom. The lowest BCUT2D eigenvalue weighted by molar-refractivity contribution is 0.833. The van der Waals surface area contributed by atoms with Crippen LogP contribution in [0, 0.1) is 0 Å². The molecule has 2 nitrogen and oxygen atoms in total. The predicted molar refractivity (Wildman–Crippen MR) is 73.2 cm³/mol. The van der Waals surface area contributed by atoms with Gasteiger partial charge in [-0.2, -0.15) is 0 Å². The molecule has 1 aromatic rings. The van der Waals surface area contributed by atoms with E-state index in [0.717, 1.165) is 13.1 Å². The quantitative estimate of drug-likeness (QED) is 0.644. The molecule has 2 heteroatoms. The number of nitrogens with one attached hydrogen (secondary N) is 2. The van der Waals surface area contributed by atoms with Crippen molar-refractivity contribution in [3.63, 3.8) is 0 Å². The number of hydrogen-bond donors (Lipinski definition) is 2. The van der Waals surface area contributed by atoms with Gasteiger partial charge in [0.05, 0.1) is 0 Å². The van der Waals surface area contributed by atoms with Crippen molar-refractivity contribution in [2.24, 2.45) is 0 Å². The normalized spacial score (nSPS) is 10.1. The predicted octanol–water partition coefficient (Wildman–Crippen LogP) is 4.11. The Morgan fingerprint density at radius 3 is 1.44 bits per heavy atom. The maximum absolute atomic E-state index is 3.41. The third kappa shape index (κ3) is 5.06. The third-order valence-electron chi connectivity index (χ3n) is 2.60. The molecule has 90 valence electrons. The summed E-state index contributed by atoms with van der Waals surface area (Å²) >= 11 is 0. The maximum Gasteiger partial charge on any atom is 0.0341 e. The van der Waals surface area contributed by atoms with Gasteiger partial charge in [0, 0.05) is 24.5 Å². The van der Waals surface area contributed by atoms with E-state index >= 15 is 0 Å². The van der Waals surface area contributed by atoms with E-state index in [1.807, 2.05) is 0 Å². The van der Waals surface area contributed by atoms with Crippen LogP contribution in [0.5, 0.6) is 0 Å². The van der Waals surface area contributed by atoms with Gasteiger partial charge in [-0.3, -0.25) is 0 Å². The van der Waals surface area contributed by atoms with Crippen LogP contribution in [0.25, 0.3) is 0 Å². The van der Waals surface area contributed by atoms with Gasteiger partial charge in [0.1, 0.15) is 0 Å². The van der Waals surface area contributed by atoms with Crippen LogP contribution in [0.2, 0.25) is 0 Å². The van der Waals surface area contributed by atoms with E-state index in [1.54, 1.807) is 0 Å². The number of rotatable bonds is 8. The molecule has 0 aliphatic carbocycles. The molecular formula is C14H24N2. The van der Waals surface area contributed by atoms with E-state index < -0.39 is 0 Å². The van der Waals surface area contributed by atoms with Crippen LogP contribution in [0.1, 0.15) is 39.5 Å². The first-order chi connectivity index (χ1) is 7.86. The smallest absolute Gasteiger partial charge is 0.0341 e. The summed E-state index contributed by atoms with van der Waals surface area (Å²) in [5.74, 6) is 0. The van der Waals surface area contributed by atoms with Crippen LogP contribution in [-0.4, -0.2) is 13.1 Å². The van der Waals surface area contributed by atoms with E-state index in [2.05, 4.69) is 48.7 Å². The lowest BCUT2D eigenvalue weighted by Crippen LogP contribution is -2.02. The molecule has 0 spiro atoms. The highest BCUT2D eigenvalue weighted by Crippen LogP contribution is 2.13. The molecule has 0 aliphatic rings. The number of unbranched alkanes of at least 4 members (excludes halogenated alkanes) is 2. The minimum absolute atomic E-state index is 1.07. The van der Waals surface area contributed by atoms with E-state index in [1.165, 1.54) is 37.1 Å². The molecular weight excluding hydrogens is 196 g/mol. The SMILES string of the molecule is CCCCNc1ccc(NCCCC)cc1. The Morgan fingerprint density at radius 1 is 0.750 bits per heavy atom. The first-order valence-electron chi connectivity index (χ1n) is 6.44. The fourth-order valence-electron chi connectivity index (χ4n) is 1.52. The van der Waals surface area contributed by atoms with Gasteiger partial charge in [-0.05, 0) is 37.1 Å². The van der Waals surface area contributed by atoms with Gasteiger partial charge in [-0.15, -0.1) is 0 Å². The Balaban J connectivity index is 2.30. The molecule has 2 N–H and O–H groups in total. The number of benzene rings is 1. The molecule has 1 aromatic carbocycles. The molecule has 0 saturated heterocycles. The first-order valence-corrected chi connectivity index (χ1v) is 6.44. The Kier molecular flexibility index (Phi) is 6.47. The second kappa shape index (κ2) is 8.03. The van der Waals surface area contributed by atoms with Gasteiger partial charge < -0.3 is 10.6 Å². The summed E-state index contributed by atoms with van der Waals surface area (Å²) in [6.45, 7) is 6.56. The summed E-state index contributed by atoms with van der Waals surface area (Å²) in [6, 6.07) is 8.57. The zero-order valence-electron chi connectivity index (χ0n) is 10.6. The van der Waals surface area contributed by atoms with Gasteiger partial charge in [0.2, 0.25) is 0 Å². The number of hydrogen-bond acceptors (Lipinski definition) is 2. The molecule has 0 heterocycles. The lowest BCUT2D eigenvalue weighted by atomic mass is 10.2. The van der Waals surface area contributed by atoms with Gasteiger partial charge in [0.25, 0.3) is 0 Å². The van der Waals surface area contributed by atoms with Crippen molar-refractivity contribution in [3.05, 3.63) is 24.3 Å². The third-order valence-corrected chi connectivity index (χ3v) is 2.60. The summed E-state index contributed by atoms with van der Waals surface area (Å²) in [5.41, 5.74) is 2.43. The molecule has 0 amide bonds. The standard InChI is InChI=1S/C14H24N2/c1-3-5-11-15-13-7-9-14(10-8-13)16-12-6-4-2/h7-10,15-16H,3-6,11-12H2,1-2H3. The Bertz CT molecular complexity index is 238. The van der Waals surface area contributed by atoms with Crippen LogP contribution in [0.15, 0.2) is 24.3 Å². The average molecular weight is 220 g/mol. The highest BCUT2D eigenvalue weighted by Gasteiger charge is 1.93. The maximum atomic E-state index is 3.41. The number of anilines is 2. The highest BCUT2D eigenvalue weighted by molar-refractivity contribution is 5.53. The summed E-state index contributed by atoms with van der Waals surface area (Å²) in [5, 5.41) is 6.82. The van der Waals surface area contributed by atoms with Crippen LogP contribution >= 0.6 is 0 Å². The van der Waals surface area contributed by atoms with E-state index in [-0.39, 0.29) is 0 Å². The molecule has 0 fully saturated rings. The lowest BCUT2D eigenvalue weighted by Gasteiger charge is -2.08. The Hall–Kier alpha value is -1.18. The van der Waals surface area contributed by atoms with Crippen LogP contribution in [-0.2, 0) is 0 Å². The fraction of sp³-hybridized carbons (Fsp3) is 0.571. The molecule has 0 aliphatic heterocycles. The average Bonchev–Trinajstić information content (AvgIpc) is 2.32. The van der Waals surface area contributed by atoms with E-state index in [4.69, 9.17) is 0 Å². The van der Waals surface area contributed by atoms with Gasteiger partial charge in [-0.25, -0.2) is 0 Å². The minimum atomic E-state index is 1.07. The van der Waals surface area contributed by atoms with Crippen LogP contribution < -0.4 is 10.6 Å². The zero-order chi connectivity index (χ0) is 11.6. The summed E-state index contributed by atoms with van der Waals surface area (Å²) in [6.07, 6.45) is 4.94. The van der Waals surface area contributed by atoms with Crippen molar-refractivity contribution in [2.45, 2.75) is 39.5 Å². The molecule has 0 aromatic heterocycles. The second-order valence-corrected chi connectivity index (χ2v) is 4.14. The minimum Gasteiger partial charge on any atom is -0.385 e. The summed E-state index contributed by atoms with van der Waals surface area (Å²) in [7, 11) is 0. The van der Waals surface area contributed by atoms with Crippen molar-refractivity contribution in [1.82, 2.24) is 0 Å². The molecule has 0 saturated carbocycles. The zero-order valence-corrected chi connectivity index (χ0v) is 10.6. The molecule has 0 unspecified atom stereocenters. The Labute approximate surface area is 99.5 Å². The second-order valence-electron chi connectivity index (χ2n) is 4.14. The molecule has 0 radical (unpaired) electrons. The van der Waals surface area contributed by atoms with E-state index in [9.17, 15) is 0 Å². The van der Waals surface area contributed by atoms with Crippen molar-refractivity contribution in [2.75, 3.05) is 23.7 Å².